The second-order valence-corrected chi connectivity index (χ2v) is 5.71. The summed E-state index contributed by atoms with van der Waals surface area (Å²) in [6, 6.07) is 4.95. The first-order valence-electron chi connectivity index (χ1n) is 7.75. The lowest BCUT2D eigenvalue weighted by atomic mass is 10.1. The van der Waals surface area contributed by atoms with Crippen molar-refractivity contribution in [1.29, 1.82) is 0 Å². The zero-order chi connectivity index (χ0) is 18.0. The summed E-state index contributed by atoms with van der Waals surface area (Å²) in [6.07, 6.45) is 2.98. The van der Waals surface area contributed by atoms with E-state index in [0.29, 0.717) is 22.4 Å². The van der Waals surface area contributed by atoms with Gasteiger partial charge in [0.15, 0.2) is 5.65 Å². The smallest absolute Gasteiger partial charge is 0.327 e. The van der Waals surface area contributed by atoms with Crippen molar-refractivity contribution in [3.8, 4) is 0 Å². The Bertz CT molecular complexity index is 925. The van der Waals surface area contributed by atoms with E-state index in [1.807, 2.05) is 13.0 Å². The van der Waals surface area contributed by atoms with Gasteiger partial charge in [0.2, 0.25) is 0 Å². The van der Waals surface area contributed by atoms with Gasteiger partial charge in [0.25, 0.3) is 0 Å². The highest BCUT2D eigenvalue weighted by Gasteiger charge is 2.15. The quantitative estimate of drug-likeness (QED) is 0.717. The number of fused-ring (bicyclic) bond motifs is 1. The molecule has 0 aliphatic rings. The molecule has 2 heterocycles. The molecule has 0 saturated heterocycles. The van der Waals surface area contributed by atoms with Gasteiger partial charge in [0.1, 0.15) is 24.5 Å². The maximum Gasteiger partial charge on any atom is 0.327 e. The van der Waals surface area contributed by atoms with Crippen LogP contribution in [0.1, 0.15) is 24.1 Å². The van der Waals surface area contributed by atoms with E-state index in [0.717, 1.165) is 5.56 Å². The summed E-state index contributed by atoms with van der Waals surface area (Å²) in [5.41, 5.74) is 1.92. The number of hydrogen-bond acceptors (Lipinski definition) is 6. The molecule has 1 unspecified atom stereocenters. The summed E-state index contributed by atoms with van der Waals surface area (Å²) in [4.78, 5) is 19.9. The molecule has 3 rings (SSSR count). The van der Waals surface area contributed by atoms with Gasteiger partial charge in [-0.1, -0.05) is 12.1 Å². The average molecular weight is 343 g/mol. The van der Waals surface area contributed by atoms with Crippen LogP contribution >= 0.6 is 0 Å². The number of rotatable bonds is 5. The van der Waals surface area contributed by atoms with Crippen LogP contribution in [0.15, 0.2) is 30.7 Å². The average Bonchev–Trinajstić information content (AvgIpc) is 3.01. The fraction of sp³-hybridized carbons (Fsp3) is 0.294. The van der Waals surface area contributed by atoms with Crippen molar-refractivity contribution in [1.82, 2.24) is 19.7 Å². The minimum Gasteiger partial charge on any atom is -0.468 e. The van der Waals surface area contributed by atoms with Crippen LogP contribution in [0.4, 0.5) is 10.2 Å². The summed E-state index contributed by atoms with van der Waals surface area (Å²) < 4.78 is 19.9. The molecule has 8 heteroatoms. The Labute approximate surface area is 143 Å². The van der Waals surface area contributed by atoms with Crippen LogP contribution in [0, 0.1) is 12.7 Å². The molecular weight excluding hydrogens is 325 g/mol. The largest absolute Gasteiger partial charge is 0.468 e. The normalized spacial score (nSPS) is 12.2. The van der Waals surface area contributed by atoms with Crippen molar-refractivity contribution in [2.24, 2.45) is 0 Å². The molecule has 1 atom stereocenters. The number of hydrogen-bond donors (Lipinski definition) is 1. The Kier molecular flexibility index (Phi) is 4.60. The lowest BCUT2D eigenvalue weighted by Gasteiger charge is -2.16. The fourth-order valence-electron chi connectivity index (χ4n) is 2.48. The molecule has 7 nitrogen and oxygen atoms in total. The topological polar surface area (TPSA) is 81.9 Å². The second kappa shape index (κ2) is 6.84. The van der Waals surface area contributed by atoms with Gasteiger partial charge < -0.3 is 10.1 Å². The lowest BCUT2D eigenvalue weighted by molar-refractivity contribution is -0.141. The van der Waals surface area contributed by atoms with Crippen molar-refractivity contribution in [2.45, 2.75) is 26.4 Å². The number of carbonyl (C=O) groups is 1. The van der Waals surface area contributed by atoms with Crippen molar-refractivity contribution < 1.29 is 13.9 Å². The van der Waals surface area contributed by atoms with Crippen LogP contribution < -0.4 is 5.32 Å². The van der Waals surface area contributed by atoms with Gasteiger partial charge in [-0.15, -0.1) is 0 Å². The van der Waals surface area contributed by atoms with Crippen LogP contribution in [0.3, 0.4) is 0 Å². The van der Waals surface area contributed by atoms with E-state index in [4.69, 9.17) is 0 Å². The van der Waals surface area contributed by atoms with Crippen LogP contribution in [0.2, 0.25) is 0 Å². The lowest BCUT2D eigenvalue weighted by Crippen LogP contribution is -2.13. The van der Waals surface area contributed by atoms with Crippen molar-refractivity contribution in [3.63, 3.8) is 0 Å². The monoisotopic (exact) mass is 343 g/mol. The number of anilines is 1. The molecule has 2 aromatic heterocycles. The number of esters is 1. The fourth-order valence-corrected chi connectivity index (χ4v) is 2.48. The number of aryl methyl sites for hydroxylation is 1. The molecule has 0 spiro atoms. The van der Waals surface area contributed by atoms with E-state index in [1.54, 1.807) is 19.2 Å². The number of carbonyl (C=O) groups excluding carboxylic acids is 1. The van der Waals surface area contributed by atoms with Crippen LogP contribution in [0.5, 0.6) is 0 Å². The van der Waals surface area contributed by atoms with Gasteiger partial charge in [0, 0.05) is 0 Å². The maximum absolute atomic E-state index is 13.8. The van der Waals surface area contributed by atoms with E-state index in [9.17, 15) is 9.18 Å². The van der Waals surface area contributed by atoms with Crippen LogP contribution in [-0.4, -0.2) is 32.8 Å². The highest BCUT2D eigenvalue weighted by Crippen LogP contribution is 2.24. The Morgan fingerprint density at radius 2 is 2.20 bits per heavy atom. The summed E-state index contributed by atoms with van der Waals surface area (Å²) in [5, 5.41) is 8.08. The highest BCUT2D eigenvalue weighted by molar-refractivity contribution is 5.87. The number of benzene rings is 1. The molecule has 0 amide bonds. The Balaban J connectivity index is 1.88. The molecule has 0 aliphatic heterocycles. The molecule has 0 aliphatic carbocycles. The highest BCUT2D eigenvalue weighted by atomic mass is 19.1. The molecule has 0 radical (unpaired) electrons. The van der Waals surface area contributed by atoms with Crippen LogP contribution in [-0.2, 0) is 16.1 Å². The van der Waals surface area contributed by atoms with E-state index < -0.39 is 5.97 Å². The van der Waals surface area contributed by atoms with E-state index in [-0.39, 0.29) is 18.4 Å². The van der Waals surface area contributed by atoms with E-state index >= 15 is 0 Å². The minimum absolute atomic E-state index is 0.0326. The van der Waals surface area contributed by atoms with Crippen molar-refractivity contribution >= 4 is 22.8 Å². The standard InChI is InChI=1S/C17H18FN5O2/c1-10-4-5-12(6-14(10)18)11(2)22-16-13-7-21-23(8-15(24)25-3)17(13)20-9-19-16/h4-7,9,11H,8H2,1-3H3,(H,19,20,22). The molecular formula is C17H18FN5O2. The second-order valence-electron chi connectivity index (χ2n) is 5.71. The van der Waals surface area contributed by atoms with Gasteiger partial charge in [-0.3, -0.25) is 4.79 Å². The van der Waals surface area contributed by atoms with Gasteiger partial charge in [0.05, 0.1) is 24.7 Å². The predicted molar refractivity (Wildman–Crippen MR) is 90.5 cm³/mol. The van der Waals surface area contributed by atoms with Gasteiger partial charge >= 0.3 is 5.97 Å². The molecule has 1 aromatic carbocycles. The first-order chi connectivity index (χ1) is 12.0. The number of halogens is 1. The Morgan fingerprint density at radius 1 is 1.40 bits per heavy atom. The summed E-state index contributed by atoms with van der Waals surface area (Å²) in [7, 11) is 1.32. The number of methoxy groups -OCH3 is 1. The number of nitrogens with zero attached hydrogens (tertiary/aromatic N) is 4. The molecule has 25 heavy (non-hydrogen) atoms. The summed E-state index contributed by atoms with van der Waals surface area (Å²) >= 11 is 0. The summed E-state index contributed by atoms with van der Waals surface area (Å²) in [6.45, 7) is 3.60. The maximum atomic E-state index is 13.8. The van der Waals surface area contributed by atoms with Crippen molar-refractivity contribution in [3.05, 3.63) is 47.7 Å². The van der Waals surface area contributed by atoms with Gasteiger partial charge in [-0.25, -0.2) is 19.0 Å². The molecule has 0 bridgehead atoms. The third-order valence-electron chi connectivity index (χ3n) is 3.99. The zero-order valence-corrected chi connectivity index (χ0v) is 14.2. The van der Waals surface area contributed by atoms with E-state index in [1.165, 1.54) is 24.2 Å². The summed E-state index contributed by atoms with van der Waals surface area (Å²) in [5.74, 6) is -0.0962. The predicted octanol–water partition coefficient (Wildman–Crippen LogP) is 2.62. The van der Waals surface area contributed by atoms with Gasteiger partial charge in [-0.05, 0) is 31.0 Å². The van der Waals surface area contributed by atoms with Gasteiger partial charge in [-0.2, -0.15) is 5.10 Å². The third kappa shape index (κ3) is 3.42. The molecule has 130 valence electrons. The number of aromatic nitrogens is 4. The van der Waals surface area contributed by atoms with Crippen LogP contribution in [0.25, 0.3) is 11.0 Å². The van der Waals surface area contributed by atoms with E-state index in [2.05, 4.69) is 25.1 Å². The molecule has 0 saturated carbocycles. The molecule has 3 aromatic rings. The zero-order valence-electron chi connectivity index (χ0n) is 14.2. The first kappa shape index (κ1) is 16.8. The SMILES string of the molecule is COC(=O)Cn1ncc2c(NC(C)c3ccc(C)c(F)c3)ncnc21. The molecule has 1 N–H and O–H groups in total. The first-order valence-corrected chi connectivity index (χ1v) is 7.75. The number of nitrogens with one attached hydrogen (secondary N) is 1. The molecule has 0 fully saturated rings. The number of ether oxygens (including phenoxy) is 1. The van der Waals surface area contributed by atoms with Crippen molar-refractivity contribution in [2.75, 3.05) is 12.4 Å². The Hall–Kier alpha value is -3.03. The third-order valence-corrected chi connectivity index (χ3v) is 3.99. The minimum atomic E-state index is -0.415. The Morgan fingerprint density at radius 3 is 2.92 bits per heavy atom.